The minimum Gasteiger partial charge on any atom is -0.460 e. The van der Waals surface area contributed by atoms with Crippen molar-refractivity contribution >= 4 is 29.2 Å². The summed E-state index contributed by atoms with van der Waals surface area (Å²) in [7, 11) is 4.60. The standard InChI is InChI=1S/C57H91NO16/c1-36-16-12-11-13-17-37(2)48(72-29-28-70-27-26-67-8)34-44-21-19-42(7)57(66,74-44)54(63)55(64)58-23-15-14-18-45(58)56(65)73-49(39(4)32-43-20-22-47(71-25-24-59)50(33-43)68-9)35-46(60)38(3)31-41(6)52(62)53(69-10)51(61)40(5)30-36/h11-13,16-17,31,36,38-40,42-45,47-50,52-53,59,62,66H,14-15,18-30,32-35H2,1-10H3/b13-11?,16-12+,37-17?,41-31+/t36-,38-,39-,40-,42-,43+,44+,45+,47-,48-,49+,50-,52-,53+,57-/m1/s1. The molecule has 0 radical (unpaired) electrons. The molecule has 0 aromatic heterocycles. The van der Waals surface area contributed by atoms with Crippen molar-refractivity contribution in [2.75, 3.05) is 67.5 Å². The number of carbonyl (C=O) groups is 5. The first-order valence-corrected chi connectivity index (χ1v) is 27.2. The molecule has 2 bridgehead atoms. The molecule has 420 valence electrons. The van der Waals surface area contributed by atoms with Gasteiger partial charge in [0.15, 0.2) is 5.78 Å². The van der Waals surface area contributed by atoms with Crippen LogP contribution in [0, 0.1) is 35.5 Å². The molecule has 1 saturated carbocycles. The van der Waals surface area contributed by atoms with E-state index in [2.05, 4.69) is 0 Å². The zero-order valence-corrected chi connectivity index (χ0v) is 46.1. The second kappa shape index (κ2) is 31.7. The van der Waals surface area contributed by atoms with Crippen molar-refractivity contribution in [3.8, 4) is 0 Å². The van der Waals surface area contributed by atoms with Gasteiger partial charge in [0.2, 0.25) is 5.79 Å². The first-order chi connectivity index (χ1) is 35.3. The highest BCUT2D eigenvalue weighted by Crippen LogP contribution is 2.38. The van der Waals surface area contributed by atoms with Crippen molar-refractivity contribution in [2.45, 2.75) is 180 Å². The summed E-state index contributed by atoms with van der Waals surface area (Å²) in [6, 6.07) is -1.17. The molecule has 0 unspecified atom stereocenters. The molecular weight excluding hydrogens is 955 g/mol. The number of fused-ring (bicyclic) bond motifs is 3. The molecular formula is C57H91NO16. The molecule has 1 amide bonds. The van der Waals surface area contributed by atoms with Crippen LogP contribution in [0.15, 0.2) is 47.6 Å². The Morgan fingerprint density at radius 2 is 1.55 bits per heavy atom. The first-order valence-electron chi connectivity index (χ1n) is 27.2. The molecule has 0 aromatic rings. The normalized spacial score (nSPS) is 35.8. The van der Waals surface area contributed by atoms with Crippen molar-refractivity contribution in [3.63, 3.8) is 0 Å². The van der Waals surface area contributed by atoms with Crippen LogP contribution < -0.4 is 0 Å². The number of nitrogens with zero attached hydrogens (tertiary/aromatic N) is 1. The number of carbonyl (C=O) groups excluding carboxylic acids is 5. The van der Waals surface area contributed by atoms with Gasteiger partial charge >= 0.3 is 5.97 Å². The van der Waals surface area contributed by atoms with Crippen molar-refractivity contribution < 1.29 is 77.2 Å². The van der Waals surface area contributed by atoms with Gasteiger partial charge in [0.25, 0.3) is 11.7 Å². The van der Waals surface area contributed by atoms with Crippen LogP contribution in [0.3, 0.4) is 0 Å². The van der Waals surface area contributed by atoms with Gasteiger partial charge < -0.3 is 58.1 Å². The maximum absolute atomic E-state index is 14.6. The van der Waals surface area contributed by atoms with Gasteiger partial charge in [-0.05, 0) is 107 Å². The van der Waals surface area contributed by atoms with Gasteiger partial charge in [0.05, 0.1) is 64.1 Å². The molecule has 4 aliphatic rings. The smallest absolute Gasteiger partial charge is 0.329 e. The van der Waals surface area contributed by atoms with Crippen LogP contribution in [0.25, 0.3) is 0 Å². The summed E-state index contributed by atoms with van der Waals surface area (Å²) in [5.41, 5.74) is 1.22. The number of aliphatic hydroxyl groups excluding tert-OH is 2. The van der Waals surface area contributed by atoms with E-state index < -0.39 is 77.8 Å². The number of Topliss-reactive ketones (excluding diaryl/α,β-unsaturated/α-hetero) is 3. The van der Waals surface area contributed by atoms with Crippen LogP contribution in [0.5, 0.6) is 0 Å². The van der Waals surface area contributed by atoms with E-state index in [1.54, 1.807) is 41.1 Å². The molecule has 3 N–H and O–H groups in total. The summed E-state index contributed by atoms with van der Waals surface area (Å²) < 4.78 is 47.0. The average molecular weight is 1050 g/mol. The Balaban J connectivity index is 1.71. The molecule has 15 atom stereocenters. The highest BCUT2D eigenvalue weighted by Gasteiger charge is 2.53. The number of methoxy groups -OCH3 is 3. The minimum atomic E-state index is -2.48. The SMILES string of the molecule is COCCOCCO[C@@H]1C[C@@H]2CC[C@@H](C)[C@@](O)(O2)C(=O)C(=O)N2CCCC[C@H]2C(=O)O[C@H]([C@H](C)C[C@@H]2CC[C@@H](OCCO)[C@H](OC)C2)CC(=O)[C@H](C)/C=C(\C)[C@@H](O)[C@@H](OC)C(=O)[C@H](C)C[C@H](C)/C=C/C=CC=C1C. The number of esters is 1. The zero-order chi connectivity index (χ0) is 54.5. The molecule has 74 heavy (non-hydrogen) atoms. The summed E-state index contributed by atoms with van der Waals surface area (Å²) in [4.78, 5) is 72.8. The largest absolute Gasteiger partial charge is 0.460 e. The van der Waals surface area contributed by atoms with E-state index in [1.165, 1.54) is 12.0 Å². The predicted octanol–water partition coefficient (Wildman–Crippen LogP) is 6.23. The second-order valence-corrected chi connectivity index (χ2v) is 21.4. The van der Waals surface area contributed by atoms with Crippen LogP contribution in [0.4, 0.5) is 0 Å². The second-order valence-electron chi connectivity index (χ2n) is 21.4. The third-order valence-corrected chi connectivity index (χ3v) is 15.6. The van der Waals surface area contributed by atoms with Gasteiger partial charge in [0.1, 0.15) is 30.1 Å². The fourth-order valence-corrected chi connectivity index (χ4v) is 10.9. The van der Waals surface area contributed by atoms with E-state index in [0.717, 1.165) is 12.0 Å². The Morgan fingerprint density at radius 1 is 0.811 bits per heavy atom. The lowest BCUT2D eigenvalue weighted by molar-refractivity contribution is -0.266. The molecule has 4 rings (SSSR count). The maximum Gasteiger partial charge on any atom is 0.329 e. The number of hydrogen-bond donors (Lipinski definition) is 3. The van der Waals surface area contributed by atoms with E-state index in [-0.39, 0.29) is 87.2 Å². The molecule has 2 saturated heterocycles. The highest BCUT2D eigenvalue weighted by molar-refractivity contribution is 6.39. The molecule has 3 heterocycles. The number of rotatable bonds is 15. The molecule has 3 aliphatic heterocycles. The van der Waals surface area contributed by atoms with Crippen LogP contribution in [-0.4, -0.2) is 172 Å². The van der Waals surface area contributed by atoms with Crippen LogP contribution in [0.1, 0.15) is 126 Å². The number of ether oxygens (including phenoxy) is 8. The van der Waals surface area contributed by atoms with E-state index in [4.69, 9.17) is 37.9 Å². The number of aliphatic hydroxyl groups is 3. The molecule has 0 spiro atoms. The highest BCUT2D eigenvalue weighted by atomic mass is 16.6. The van der Waals surface area contributed by atoms with Gasteiger partial charge in [0, 0.05) is 58.5 Å². The fourth-order valence-electron chi connectivity index (χ4n) is 10.9. The summed E-state index contributed by atoms with van der Waals surface area (Å²) in [6.07, 6.45) is 11.5. The lowest BCUT2D eigenvalue weighted by Gasteiger charge is -2.43. The lowest BCUT2D eigenvalue weighted by Crippen LogP contribution is -2.61. The van der Waals surface area contributed by atoms with Crippen molar-refractivity contribution in [2.24, 2.45) is 35.5 Å². The number of cyclic esters (lactones) is 1. The summed E-state index contributed by atoms with van der Waals surface area (Å²) in [5.74, 6) is -8.19. The average Bonchev–Trinajstić information content (AvgIpc) is 3.38. The van der Waals surface area contributed by atoms with Crippen LogP contribution in [-0.2, 0) is 61.9 Å². The van der Waals surface area contributed by atoms with E-state index in [0.29, 0.717) is 76.8 Å². The van der Waals surface area contributed by atoms with Gasteiger partial charge in [-0.2, -0.15) is 0 Å². The Hall–Kier alpha value is -3.49. The van der Waals surface area contributed by atoms with Crippen molar-refractivity contribution in [3.05, 3.63) is 47.6 Å². The molecule has 1 aliphatic carbocycles. The third-order valence-electron chi connectivity index (χ3n) is 15.6. The maximum atomic E-state index is 14.6. The number of amides is 1. The number of piperidine rings is 1. The number of allylic oxidation sites excluding steroid dienone is 6. The minimum absolute atomic E-state index is 0.00969. The van der Waals surface area contributed by atoms with Crippen LogP contribution >= 0.6 is 0 Å². The molecule has 17 heteroatoms. The summed E-state index contributed by atoms with van der Waals surface area (Å²) >= 11 is 0. The van der Waals surface area contributed by atoms with Gasteiger partial charge in [-0.25, -0.2) is 4.79 Å². The monoisotopic (exact) mass is 1050 g/mol. The van der Waals surface area contributed by atoms with Crippen molar-refractivity contribution in [1.82, 2.24) is 4.90 Å². The van der Waals surface area contributed by atoms with Gasteiger partial charge in [-0.1, -0.05) is 71.1 Å². The van der Waals surface area contributed by atoms with E-state index >= 15 is 0 Å². The molecule has 0 aromatic carbocycles. The zero-order valence-electron chi connectivity index (χ0n) is 46.1. The summed E-state index contributed by atoms with van der Waals surface area (Å²) in [5, 5.41) is 33.1. The Kier molecular flexibility index (Phi) is 27.0. The van der Waals surface area contributed by atoms with E-state index in [1.807, 2.05) is 58.1 Å². The topological polar surface area (TPSA) is 223 Å². The lowest BCUT2D eigenvalue weighted by atomic mass is 9.78. The predicted molar refractivity (Wildman–Crippen MR) is 278 cm³/mol. The quantitative estimate of drug-likeness (QED) is 0.0716. The van der Waals surface area contributed by atoms with Gasteiger partial charge in [-0.3, -0.25) is 19.2 Å². The van der Waals surface area contributed by atoms with Crippen LogP contribution in [0.2, 0.25) is 0 Å². The Morgan fingerprint density at radius 3 is 2.26 bits per heavy atom. The Labute approximate surface area is 440 Å². The number of hydrogen-bond acceptors (Lipinski definition) is 16. The van der Waals surface area contributed by atoms with Crippen molar-refractivity contribution in [1.29, 1.82) is 0 Å². The number of ketones is 3. The molecule has 17 nitrogen and oxygen atoms in total. The third kappa shape index (κ3) is 18.3. The first kappa shape index (κ1) is 63.0. The van der Waals surface area contributed by atoms with E-state index in [9.17, 15) is 39.3 Å². The summed E-state index contributed by atoms with van der Waals surface area (Å²) in [6.45, 7) is 14.2. The fraction of sp³-hybridized carbons (Fsp3) is 0.772. The Bertz CT molecular complexity index is 1920. The van der Waals surface area contributed by atoms with Gasteiger partial charge in [-0.15, -0.1) is 0 Å². The molecule has 3 fully saturated rings.